The van der Waals surface area contributed by atoms with Crippen molar-refractivity contribution in [2.24, 2.45) is 0 Å². The largest absolute Gasteiger partial charge is 0.501 e. The summed E-state index contributed by atoms with van der Waals surface area (Å²) in [5, 5.41) is 22.0. The van der Waals surface area contributed by atoms with E-state index in [0.717, 1.165) is 38.6 Å². The topological polar surface area (TPSA) is 48.4 Å². The molecular formula is C24H15N2O+. The summed E-state index contributed by atoms with van der Waals surface area (Å²) in [6, 6.07) is 28.3. The number of rotatable bonds is 2. The van der Waals surface area contributed by atoms with E-state index in [2.05, 4.69) is 29.2 Å². The van der Waals surface area contributed by atoms with Crippen LogP contribution in [0.4, 0.5) is 0 Å². The fourth-order valence-corrected chi connectivity index (χ4v) is 3.96. The fourth-order valence-electron chi connectivity index (χ4n) is 3.96. The zero-order valence-corrected chi connectivity index (χ0v) is 14.4. The van der Waals surface area contributed by atoms with Crippen LogP contribution >= 0.6 is 0 Å². The van der Waals surface area contributed by atoms with E-state index in [9.17, 15) is 10.5 Å². The highest BCUT2D eigenvalue weighted by Crippen LogP contribution is 2.47. The first-order valence-electron chi connectivity index (χ1n) is 8.79. The van der Waals surface area contributed by atoms with Crippen LogP contribution in [0.2, 0.25) is 0 Å². The first-order valence-corrected chi connectivity index (χ1v) is 8.79. The zero-order valence-electron chi connectivity index (χ0n) is 14.4. The van der Waals surface area contributed by atoms with E-state index in [1.165, 1.54) is 0 Å². The van der Waals surface area contributed by atoms with E-state index in [-0.39, 0.29) is 11.5 Å². The molecule has 0 spiro atoms. The Bertz CT molecular complexity index is 1220. The fraction of sp³-hybridized carbons (Fsp3) is 0. The Labute approximate surface area is 156 Å². The van der Waals surface area contributed by atoms with Gasteiger partial charge in [-0.1, -0.05) is 72.8 Å². The highest BCUT2D eigenvalue weighted by atomic mass is 16.3. The first kappa shape index (κ1) is 15.4. The van der Waals surface area contributed by atoms with Crippen LogP contribution in [0.25, 0.3) is 49.5 Å². The molecule has 3 nitrogen and oxygen atoms in total. The Hall–Kier alpha value is -3.90. The molecule has 5 rings (SSSR count). The van der Waals surface area contributed by atoms with Crippen LogP contribution in [0.3, 0.4) is 0 Å². The summed E-state index contributed by atoms with van der Waals surface area (Å²) in [6.07, 6.45) is 0. The van der Waals surface area contributed by atoms with Crippen LogP contribution in [0.15, 0.2) is 84.9 Å². The molecule has 1 aliphatic rings. The minimum Gasteiger partial charge on any atom is -0.501 e. The number of aliphatic hydroxyl groups excluding tert-OH is 1. The van der Waals surface area contributed by atoms with Gasteiger partial charge in [0.1, 0.15) is 0 Å². The second-order valence-corrected chi connectivity index (χ2v) is 6.60. The molecule has 0 radical (unpaired) electrons. The zero-order chi connectivity index (χ0) is 18.4. The lowest BCUT2D eigenvalue weighted by molar-refractivity contribution is 0.516. The molecule has 4 aromatic rings. The molecule has 0 heterocycles. The molecule has 0 aromatic heterocycles. The number of hydrogen-bond donors (Lipinski definition) is 1. The molecular weight excluding hydrogens is 332 g/mol. The third-order valence-electron chi connectivity index (χ3n) is 5.16. The molecule has 0 saturated heterocycles. The maximum absolute atomic E-state index is 10.6. The van der Waals surface area contributed by atoms with Gasteiger partial charge in [-0.2, -0.15) is 0 Å². The third-order valence-corrected chi connectivity index (χ3v) is 5.16. The number of nitrogens with zero attached hydrogens (tertiary/aromatic N) is 2. The second-order valence-electron chi connectivity index (χ2n) is 6.60. The van der Waals surface area contributed by atoms with Crippen molar-refractivity contribution in [2.75, 3.05) is 0 Å². The smallest absolute Gasteiger partial charge is 0.434 e. The molecule has 0 saturated carbocycles. The van der Waals surface area contributed by atoms with Gasteiger partial charge < -0.3 is 5.11 Å². The molecule has 126 valence electrons. The molecule has 1 aliphatic carbocycles. The summed E-state index contributed by atoms with van der Waals surface area (Å²) in [5.41, 5.74) is 6.05. The van der Waals surface area contributed by atoms with Gasteiger partial charge in [0.2, 0.25) is 11.2 Å². The van der Waals surface area contributed by atoms with Crippen molar-refractivity contribution in [2.45, 2.75) is 0 Å². The van der Waals surface area contributed by atoms with Crippen LogP contribution < -0.4 is 0 Å². The van der Waals surface area contributed by atoms with E-state index >= 15 is 0 Å². The number of hydrogen-bond acceptors (Lipinski definition) is 2. The van der Waals surface area contributed by atoms with Crippen LogP contribution in [0, 0.1) is 5.39 Å². The van der Waals surface area contributed by atoms with Crippen molar-refractivity contribution in [1.29, 1.82) is 5.39 Å². The van der Waals surface area contributed by atoms with Gasteiger partial charge in [0.15, 0.2) is 4.98 Å². The van der Waals surface area contributed by atoms with Gasteiger partial charge in [-0.25, -0.2) is 0 Å². The van der Waals surface area contributed by atoms with Gasteiger partial charge >= 0.3 is 5.70 Å². The monoisotopic (exact) mass is 347 g/mol. The predicted molar refractivity (Wildman–Crippen MR) is 109 cm³/mol. The predicted octanol–water partition coefficient (Wildman–Crippen LogP) is 6.72. The van der Waals surface area contributed by atoms with Crippen molar-refractivity contribution >= 4 is 22.2 Å². The van der Waals surface area contributed by atoms with E-state index in [4.69, 9.17) is 0 Å². The summed E-state index contributed by atoms with van der Waals surface area (Å²) >= 11 is 0. The number of aliphatic hydroxyl groups is 1. The Morgan fingerprint density at radius 3 is 1.52 bits per heavy atom. The van der Waals surface area contributed by atoms with Crippen LogP contribution in [-0.2, 0) is 0 Å². The van der Waals surface area contributed by atoms with Crippen molar-refractivity contribution < 1.29 is 5.11 Å². The molecule has 4 aromatic carbocycles. The van der Waals surface area contributed by atoms with Crippen molar-refractivity contribution in [3.63, 3.8) is 0 Å². The minimum absolute atomic E-state index is 0.0160. The average molecular weight is 347 g/mol. The maximum atomic E-state index is 10.6. The van der Waals surface area contributed by atoms with Gasteiger partial charge in [0, 0.05) is 10.9 Å². The molecule has 1 N–H and O–H groups in total. The lowest BCUT2D eigenvalue weighted by Crippen LogP contribution is -1.90. The van der Waals surface area contributed by atoms with E-state index in [1.807, 2.05) is 60.7 Å². The first-order chi connectivity index (χ1) is 13.3. The van der Waals surface area contributed by atoms with Crippen LogP contribution in [0.5, 0.6) is 0 Å². The van der Waals surface area contributed by atoms with E-state index in [1.54, 1.807) is 0 Å². The van der Waals surface area contributed by atoms with E-state index < -0.39 is 0 Å². The number of diazo groups is 1. The summed E-state index contributed by atoms with van der Waals surface area (Å²) in [7, 11) is 0. The van der Waals surface area contributed by atoms with Gasteiger partial charge in [0.25, 0.3) is 0 Å². The molecule has 0 unspecified atom stereocenters. The molecule has 0 amide bonds. The van der Waals surface area contributed by atoms with Gasteiger partial charge in [-0.3, -0.25) is 0 Å². The normalized spacial score (nSPS) is 12.4. The van der Waals surface area contributed by atoms with Gasteiger partial charge in [-0.05, 0) is 39.8 Å². The van der Waals surface area contributed by atoms with Gasteiger partial charge in [-0.15, -0.1) is 0 Å². The van der Waals surface area contributed by atoms with Crippen LogP contribution in [0.1, 0.15) is 11.1 Å². The van der Waals surface area contributed by atoms with Crippen molar-refractivity contribution in [3.8, 4) is 22.3 Å². The molecule has 0 fully saturated rings. The Morgan fingerprint density at radius 2 is 1.00 bits per heavy atom. The lowest BCUT2D eigenvalue weighted by atomic mass is 9.88. The quantitative estimate of drug-likeness (QED) is 0.409. The Morgan fingerprint density at radius 1 is 0.556 bits per heavy atom. The Balaban J connectivity index is 1.95. The highest BCUT2D eigenvalue weighted by molar-refractivity contribution is 6.20. The van der Waals surface area contributed by atoms with E-state index in [0.29, 0.717) is 5.56 Å². The summed E-state index contributed by atoms with van der Waals surface area (Å²) < 4.78 is 0. The maximum Gasteiger partial charge on any atom is 0.434 e. The van der Waals surface area contributed by atoms with Crippen molar-refractivity contribution in [3.05, 3.63) is 101 Å². The summed E-state index contributed by atoms with van der Waals surface area (Å²) in [6.45, 7) is 0. The molecule has 0 aliphatic heterocycles. The Kier molecular flexibility index (Phi) is 3.31. The molecule has 3 heteroatoms. The van der Waals surface area contributed by atoms with Crippen molar-refractivity contribution in [1.82, 2.24) is 0 Å². The molecule has 27 heavy (non-hydrogen) atoms. The summed E-state index contributed by atoms with van der Waals surface area (Å²) in [4.78, 5) is 3.34. The third kappa shape index (κ3) is 2.17. The number of benzene rings is 4. The summed E-state index contributed by atoms with van der Waals surface area (Å²) in [5.74, 6) is 0.0160. The molecule has 0 bridgehead atoms. The SMILES string of the molecule is N#[N+]C1=C(O)c2ccc(-c3ccccc3)c3c(-c4ccccc4)ccc1c23. The second kappa shape index (κ2) is 5.82. The van der Waals surface area contributed by atoms with Gasteiger partial charge in [0.05, 0.1) is 5.56 Å². The highest BCUT2D eigenvalue weighted by Gasteiger charge is 2.35. The minimum atomic E-state index is 0.0160. The lowest BCUT2D eigenvalue weighted by Gasteiger charge is -2.14. The molecule has 0 atom stereocenters. The standard InChI is InChI=1S/C24H14N2O/c25-26-23-19-13-11-17(15-7-3-1-4-8-15)21-18(16-9-5-2-6-10-16)12-14-20(22(19)21)24(23)27/h1-14H/p+1. The van der Waals surface area contributed by atoms with Crippen LogP contribution in [-0.4, -0.2) is 5.11 Å². The average Bonchev–Trinajstić information content (AvgIpc) is 3.02.